The van der Waals surface area contributed by atoms with E-state index in [9.17, 15) is 5.11 Å². The highest BCUT2D eigenvalue weighted by atomic mass is 16.3. The quantitative estimate of drug-likeness (QED) is 0.748. The van der Waals surface area contributed by atoms with Crippen molar-refractivity contribution in [3.8, 4) is 0 Å². The summed E-state index contributed by atoms with van der Waals surface area (Å²) in [5.74, 6) is 0.883. The zero-order chi connectivity index (χ0) is 8.97. The number of rotatable bonds is 4. The lowest BCUT2D eigenvalue weighted by Gasteiger charge is -2.05. The molecule has 2 nitrogen and oxygen atoms in total. The maximum atomic E-state index is 9.45. The van der Waals surface area contributed by atoms with E-state index in [1.807, 2.05) is 13.0 Å². The highest BCUT2D eigenvalue weighted by molar-refractivity contribution is 5.10. The predicted octanol–water partition coefficient (Wildman–Crippen LogP) is 2.29. The molecule has 2 heteroatoms. The van der Waals surface area contributed by atoms with Gasteiger partial charge in [0, 0.05) is 6.42 Å². The molecule has 0 aliphatic carbocycles. The third-order valence-corrected chi connectivity index (χ3v) is 1.84. The van der Waals surface area contributed by atoms with Crippen LogP contribution < -0.4 is 0 Å². The fraction of sp³-hybridized carbons (Fsp3) is 0.600. The Morgan fingerprint density at radius 1 is 1.58 bits per heavy atom. The molecule has 1 aromatic heterocycles. The second-order valence-corrected chi connectivity index (χ2v) is 3.24. The van der Waals surface area contributed by atoms with Crippen LogP contribution >= 0.6 is 0 Å². The van der Waals surface area contributed by atoms with E-state index in [0.717, 1.165) is 24.2 Å². The molecule has 68 valence electrons. The SMILES string of the molecule is CCC[C@H](O)Cc1cc(C)co1. The van der Waals surface area contributed by atoms with E-state index in [1.165, 1.54) is 0 Å². The first-order valence-corrected chi connectivity index (χ1v) is 4.44. The molecule has 1 rings (SSSR count). The first-order chi connectivity index (χ1) is 5.72. The van der Waals surface area contributed by atoms with E-state index in [0.29, 0.717) is 6.42 Å². The fourth-order valence-corrected chi connectivity index (χ4v) is 1.27. The number of hydrogen-bond donors (Lipinski definition) is 1. The Bertz CT molecular complexity index is 227. The van der Waals surface area contributed by atoms with E-state index < -0.39 is 0 Å². The van der Waals surface area contributed by atoms with Crippen molar-refractivity contribution in [2.45, 2.75) is 39.2 Å². The minimum Gasteiger partial charge on any atom is -0.469 e. The third kappa shape index (κ3) is 2.70. The fourth-order valence-electron chi connectivity index (χ4n) is 1.27. The van der Waals surface area contributed by atoms with Gasteiger partial charge in [-0.1, -0.05) is 13.3 Å². The number of aryl methyl sites for hydroxylation is 1. The lowest BCUT2D eigenvalue weighted by molar-refractivity contribution is 0.157. The van der Waals surface area contributed by atoms with Gasteiger partial charge in [0.25, 0.3) is 0 Å². The van der Waals surface area contributed by atoms with Crippen LogP contribution in [0.1, 0.15) is 31.1 Å². The van der Waals surface area contributed by atoms with Gasteiger partial charge in [-0.15, -0.1) is 0 Å². The summed E-state index contributed by atoms with van der Waals surface area (Å²) in [5.41, 5.74) is 1.12. The van der Waals surface area contributed by atoms with E-state index in [1.54, 1.807) is 6.26 Å². The molecule has 1 N–H and O–H groups in total. The first kappa shape index (κ1) is 9.33. The van der Waals surface area contributed by atoms with Crippen molar-refractivity contribution in [2.24, 2.45) is 0 Å². The van der Waals surface area contributed by atoms with E-state index in [-0.39, 0.29) is 6.10 Å². The number of aliphatic hydroxyl groups is 1. The van der Waals surface area contributed by atoms with Gasteiger partial charge in [-0.25, -0.2) is 0 Å². The second kappa shape index (κ2) is 4.31. The Morgan fingerprint density at radius 2 is 2.33 bits per heavy atom. The molecule has 0 unspecified atom stereocenters. The minimum atomic E-state index is -0.249. The third-order valence-electron chi connectivity index (χ3n) is 1.84. The standard InChI is InChI=1S/C10H16O2/c1-3-4-9(11)6-10-5-8(2)7-12-10/h5,7,9,11H,3-4,6H2,1-2H3/t9-/m0/s1. The maximum Gasteiger partial charge on any atom is 0.106 e. The van der Waals surface area contributed by atoms with Gasteiger partial charge in [-0.2, -0.15) is 0 Å². The molecule has 0 amide bonds. The van der Waals surface area contributed by atoms with Crippen LogP contribution in [0.2, 0.25) is 0 Å². The molecule has 0 spiro atoms. The average molecular weight is 168 g/mol. The topological polar surface area (TPSA) is 33.4 Å². The van der Waals surface area contributed by atoms with Crippen LogP contribution in [0.15, 0.2) is 16.7 Å². The van der Waals surface area contributed by atoms with E-state index in [4.69, 9.17) is 4.42 Å². The highest BCUT2D eigenvalue weighted by Gasteiger charge is 2.06. The summed E-state index contributed by atoms with van der Waals surface area (Å²) in [6, 6.07) is 1.97. The Hall–Kier alpha value is -0.760. The summed E-state index contributed by atoms with van der Waals surface area (Å²) in [5, 5.41) is 9.45. The van der Waals surface area contributed by atoms with Crippen molar-refractivity contribution in [1.29, 1.82) is 0 Å². The van der Waals surface area contributed by atoms with Crippen molar-refractivity contribution in [1.82, 2.24) is 0 Å². The predicted molar refractivity (Wildman–Crippen MR) is 48.1 cm³/mol. The molecule has 1 heterocycles. The normalized spacial score (nSPS) is 13.2. The van der Waals surface area contributed by atoms with Crippen LogP contribution in [0, 0.1) is 6.92 Å². The first-order valence-electron chi connectivity index (χ1n) is 4.44. The van der Waals surface area contributed by atoms with Gasteiger partial charge >= 0.3 is 0 Å². The van der Waals surface area contributed by atoms with Gasteiger partial charge in [0.05, 0.1) is 12.4 Å². The van der Waals surface area contributed by atoms with Gasteiger partial charge < -0.3 is 9.52 Å². The molecular formula is C10H16O2. The van der Waals surface area contributed by atoms with Crippen molar-refractivity contribution in [2.75, 3.05) is 0 Å². The molecular weight excluding hydrogens is 152 g/mol. The molecule has 0 aromatic carbocycles. The maximum absolute atomic E-state index is 9.45. The van der Waals surface area contributed by atoms with Crippen LogP contribution in [-0.2, 0) is 6.42 Å². The largest absolute Gasteiger partial charge is 0.469 e. The number of furan rings is 1. The molecule has 0 saturated carbocycles. The second-order valence-electron chi connectivity index (χ2n) is 3.24. The summed E-state index contributed by atoms with van der Waals surface area (Å²) in [7, 11) is 0. The molecule has 0 aliphatic heterocycles. The molecule has 0 radical (unpaired) electrons. The Kier molecular flexibility index (Phi) is 3.35. The van der Waals surface area contributed by atoms with Crippen LogP contribution in [0.3, 0.4) is 0 Å². The van der Waals surface area contributed by atoms with Crippen LogP contribution in [-0.4, -0.2) is 11.2 Å². The highest BCUT2D eigenvalue weighted by Crippen LogP contribution is 2.10. The summed E-state index contributed by atoms with van der Waals surface area (Å²) in [6.07, 6.45) is 3.97. The van der Waals surface area contributed by atoms with E-state index >= 15 is 0 Å². The van der Waals surface area contributed by atoms with Crippen molar-refractivity contribution >= 4 is 0 Å². The lowest BCUT2D eigenvalue weighted by atomic mass is 10.1. The lowest BCUT2D eigenvalue weighted by Crippen LogP contribution is -2.08. The summed E-state index contributed by atoms with van der Waals surface area (Å²) in [6.45, 7) is 4.05. The van der Waals surface area contributed by atoms with Crippen molar-refractivity contribution < 1.29 is 9.52 Å². The zero-order valence-electron chi connectivity index (χ0n) is 7.71. The van der Waals surface area contributed by atoms with Crippen LogP contribution in [0.25, 0.3) is 0 Å². The summed E-state index contributed by atoms with van der Waals surface area (Å²) in [4.78, 5) is 0. The molecule has 0 bridgehead atoms. The van der Waals surface area contributed by atoms with Gasteiger partial charge in [0.1, 0.15) is 5.76 Å². The van der Waals surface area contributed by atoms with E-state index in [2.05, 4.69) is 6.92 Å². The van der Waals surface area contributed by atoms with Gasteiger partial charge in [-0.05, 0) is 25.0 Å². The Morgan fingerprint density at radius 3 is 2.83 bits per heavy atom. The summed E-state index contributed by atoms with van der Waals surface area (Å²) < 4.78 is 5.22. The average Bonchev–Trinajstić information content (AvgIpc) is 2.36. The van der Waals surface area contributed by atoms with Crippen molar-refractivity contribution in [3.05, 3.63) is 23.7 Å². The molecule has 1 aromatic rings. The van der Waals surface area contributed by atoms with Gasteiger partial charge in [0.2, 0.25) is 0 Å². The number of hydrogen-bond acceptors (Lipinski definition) is 2. The zero-order valence-corrected chi connectivity index (χ0v) is 7.71. The minimum absolute atomic E-state index is 0.249. The molecule has 1 atom stereocenters. The Labute approximate surface area is 73.2 Å². The molecule has 12 heavy (non-hydrogen) atoms. The molecule has 0 fully saturated rings. The van der Waals surface area contributed by atoms with Crippen LogP contribution in [0.4, 0.5) is 0 Å². The van der Waals surface area contributed by atoms with Gasteiger partial charge in [0.15, 0.2) is 0 Å². The molecule has 0 aliphatic rings. The Balaban J connectivity index is 2.41. The van der Waals surface area contributed by atoms with Crippen LogP contribution in [0.5, 0.6) is 0 Å². The van der Waals surface area contributed by atoms with Gasteiger partial charge in [-0.3, -0.25) is 0 Å². The summed E-state index contributed by atoms with van der Waals surface area (Å²) >= 11 is 0. The monoisotopic (exact) mass is 168 g/mol. The van der Waals surface area contributed by atoms with Crippen molar-refractivity contribution in [3.63, 3.8) is 0 Å². The number of aliphatic hydroxyl groups excluding tert-OH is 1. The molecule has 0 saturated heterocycles. The smallest absolute Gasteiger partial charge is 0.106 e.